The first-order valence-electron chi connectivity index (χ1n) is 13.8. The number of hydrogen-bond donors (Lipinski definition) is 3. The zero-order valence-electron chi connectivity index (χ0n) is 23.3. The van der Waals surface area contributed by atoms with Gasteiger partial charge >= 0.3 is 8.80 Å². The van der Waals surface area contributed by atoms with Crippen LogP contribution in [0, 0.1) is 0 Å². The second kappa shape index (κ2) is 22.8. The van der Waals surface area contributed by atoms with Crippen molar-refractivity contribution in [3.05, 3.63) is 0 Å². The van der Waals surface area contributed by atoms with Crippen LogP contribution in [0.3, 0.4) is 0 Å². The molecule has 0 radical (unpaired) electrons. The molecule has 0 unspecified atom stereocenters. The smallest absolute Gasteiger partial charge is 0.492 e. The third kappa shape index (κ3) is 28.8. The second-order valence-corrected chi connectivity index (χ2v) is 13.6. The number of unbranched alkanes of at least 4 members (excludes halogenated alkanes) is 13. The van der Waals surface area contributed by atoms with Crippen molar-refractivity contribution in [3.8, 4) is 0 Å². The number of rotatable bonds is 23. The van der Waals surface area contributed by atoms with Crippen LogP contribution in [-0.4, -0.2) is 86.5 Å². The van der Waals surface area contributed by atoms with Gasteiger partial charge in [0.2, 0.25) is 0 Å². The highest BCUT2D eigenvalue weighted by atomic mass is 35.5. The first-order valence-corrected chi connectivity index (χ1v) is 15.8. The molecule has 0 bridgehead atoms. The van der Waals surface area contributed by atoms with Gasteiger partial charge in [0.15, 0.2) is 0 Å². The molecule has 0 aromatic carbocycles. The molecule has 0 aromatic heterocycles. The van der Waals surface area contributed by atoms with Gasteiger partial charge in [-0.25, -0.2) is 0 Å². The fourth-order valence-electron chi connectivity index (χ4n) is 4.63. The summed E-state index contributed by atoms with van der Waals surface area (Å²) in [5, 5.41) is 0. The first kappa shape index (κ1) is 39.1. The molecular formula is C26H60Cl2N2O3Si. The van der Waals surface area contributed by atoms with E-state index in [-0.39, 0.29) is 30.9 Å². The van der Waals surface area contributed by atoms with Gasteiger partial charge in [-0.05, 0) is 12.8 Å². The van der Waals surface area contributed by atoms with Crippen LogP contribution in [0.2, 0.25) is 6.04 Å². The largest absolute Gasteiger partial charge is 1.00 e. The molecular weight excluding hydrogens is 487 g/mol. The summed E-state index contributed by atoms with van der Waals surface area (Å²) in [6.07, 6.45) is 21.6. The first-order chi connectivity index (χ1) is 15.0. The van der Waals surface area contributed by atoms with E-state index in [0.717, 1.165) is 22.1 Å². The Kier molecular flexibility index (Phi) is 26.2. The fourth-order valence-corrected chi connectivity index (χ4v) is 5.26. The van der Waals surface area contributed by atoms with E-state index in [1.54, 1.807) is 0 Å². The van der Waals surface area contributed by atoms with Gasteiger partial charge in [0.1, 0.15) is 0 Å². The summed E-state index contributed by atoms with van der Waals surface area (Å²) in [6.45, 7) is 6.71. The van der Waals surface area contributed by atoms with Crippen LogP contribution in [-0.2, 0) is 0 Å². The SMILES string of the molecule is CCCCCCCCCCCCCCCC[N+](C)(C)CCC[N+](C)(C)CCC[Si](O)(O)O.[Cl-].[Cl-]. The summed E-state index contributed by atoms with van der Waals surface area (Å²) in [4.78, 5) is 27.5. The normalized spacial score (nSPS) is 12.4. The third-order valence-corrected chi connectivity index (χ3v) is 7.94. The van der Waals surface area contributed by atoms with Gasteiger partial charge in [-0.2, -0.15) is 0 Å². The minimum absolute atomic E-state index is 0. The van der Waals surface area contributed by atoms with E-state index in [1.807, 2.05) is 0 Å². The Hall–Kier alpha value is 0.597. The molecule has 0 fully saturated rings. The molecule has 0 heterocycles. The van der Waals surface area contributed by atoms with E-state index < -0.39 is 8.80 Å². The summed E-state index contributed by atoms with van der Waals surface area (Å²) in [6, 6.07) is 0.148. The summed E-state index contributed by atoms with van der Waals surface area (Å²) in [5.74, 6) is 0. The number of quaternary nitrogens is 2. The van der Waals surface area contributed by atoms with Crippen molar-refractivity contribution in [2.45, 2.75) is 116 Å². The highest BCUT2D eigenvalue weighted by Crippen LogP contribution is 2.14. The molecule has 0 aliphatic heterocycles. The lowest BCUT2D eigenvalue weighted by molar-refractivity contribution is -0.909. The number of hydrogen-bond acceptors (Lipinski definition) is 3. The van der Waals surface area contributed by atoms with Crippen LogP contribution in [0.25, 0.3) is 0 Å². The minimum Gasteiger partial charge on any atom is -1.00 e. The van der Waals surface area contributed by atoms with Gasteiger partial charge in [-0.3, -0.25) is 0 Å². The summed E-state index contributed by atoms with van der Waals surface area (Å²) < 4.78 is 1.97. The van der Waals surface area contributed by atoms with Crippen molar-refractivity contribution in [2.75, 3.05) is 54.4 Å². The average Bonchev–Trinajstić information content (AvgIpc) is 2.66. The van der Waals surface area contributed by atoms with Crippen molar-refractivity contribution in [1.82, 2.24) is 0 Å². The van der Waals surface area contributed by atoms with Gasteiger partial charge in [-0.1, -0.05) is 84.0 Å². The molecule has 0 amide bonds. The van der Waals surface area contributed by atoms with Crippen molar-refractivity contribution in [1.29, 1.82) is 0 Å². The highest BCUT2D eigenvalue weighted by molar-refractivity contribution is 6.56. The van der Waals surface area contributed by atoms with Gasteiger partial charge in [0, 0.05) is 18.9 Å². The van der Waals surface area contributed by atoms with Crippen LogP contribution >= 0.6 is 0 Å². The van der Waals surface area contributed by atoms with E-state index in [2.05, 4.69) is 35.1 Å². The quantitative estimate of drug-likeness (QED) is 0.0904. The van der Waals surface area contributed by atoms with Crippen molar-refractivity contribution in [2.24, 2.45) is 0 Å². The number of halogens is 2. The fraction of sp³-hybridized carbons (Fsp3) is 1.00. The van der Waals surface area contributed by atoms with Gasteiger partial charge in [0.25, 0.3) is 0 Å². The lowest BCUT2D eigenvalue weighted by Crippen LogP contribution is -3.00. The molecule has 0 aromatic rings. The molecule has 8 heteroatoms. The molecule has 0 aliphatic carbocycles. The van der Waals surface area contributed by atoms with Gasteiger partial charge in [0.05, 0.1) is 54.4 Å². The molecule has 210 valence electrons. The molecule has 3 N–H and O–H groups in total. The Bertz CT molecular complexity index is 437. The van der Waals surface area contributed by atoms with Crippen LogP contribution in [0.4, 0.5) is 0 Å². The molecule has 0 saturated carbocycles. The Morgan fingerprint density at radius 3 is 1.09 bits per heavy atom. The molecule has 0 atom stereocenters. The Morgan fingerprint density at radius 2 is 0.735 bits per heavy atom. The maximum absolute atomic E-state index is 9.16. The zero-order chi connectivity index (χ0) is 24.3. The topological polar surface area (TPSA) is 60.7 Å². The van der Waals surface area contributed by atoms with Gasteiger partial charge < -0.3 is 48.2 Å². The van der Waals surface area contributed by atoms with Crippen molar-refractivity contribution >= 4 is 8.80 Å². The summed E-state index contributed by atoms with van der Waals surface area (Å²) in [5.41, 5.74) is 0. The van der Waals surface area contributed by atoms with Crippen LogP contribution in [0.1, 0.15) is 110 Å². The molecule has 34 heavy (non-hydrogen) atoms. The van der Waals surface area contributed by atoms with Crippen LogP contribution in [0.15, 0.2) is 0 Å². The lowest BCUT2D eigenvalue weighted by Gasteiger charge is -2.34. The zero-order valence-corrected chi connectivity index (χ0v) is 25.9. The monoisotopic (exact) mass is 546 g/mol. The van der Waals surface area contributed by atoms with Crippen LogP contribution in [0.5, 0.6) is 0 Å². The predicted molar refractivity (Wildman–Crippen MR) is 140 cm³/mol. The molecule has 0 aliphatic rings. The Labute approximate surface area is 226 Å². The lowest BCUT2D eigenvalue weighted by atomic mass is 10.0. The standard InChI is InChI=1S/C26H60N2O3Si.2ClH/c1-6-7-8-9-10-11-12-13-14-15-16-17-18-19-22-27(2,3)23-20-24-28(4,5)25-21-26-32(29,30)31;;/h29-31H,6-26H2,1-5H3;2*1H/q+2;;/p-2. The van der Waals surface area contributed by atoms with E-state index >= 15 is 0 Å². The van der Waals surface area contributed by atoms with E-state index in [1.165, 1.54) is 109 Å². The van der Waals surface area contributed by atoms with E-state index in [9.17, 15) is 0 Å². The van der Waals surface area contributed by atoms with E-state index in [0.29, 0.717) is 6.42 Å². The third-order valence-electron chi connectivity index (χ3n) is 6.92. The van der Waals surface area contributed by atoms with Crippen LogP contribution < -0.4 is 24.8 Å². The van der Waals surface area contributed by atoms with Crippen molar-refractivity contribution in [3.63, 3.8) is 0 Å². The Morgan fingerprint density at radius 1 is 0.441 bits per heavy atom. The second-order valence-electron chi connectivity index (χ2n) is 11.6. The highest BCUT2D eigenvalue weighted by Gasteiger charge is 2.28. The van der Waals surface area contributed by atoms with E-state index in [4.69, 9.17) is 14.4 Å². The average molecular weight is 548 g/mol. The minimum atomic E-state index is -3.87. The maximum Gasteiger partial charge on any atom is 0.492 e. The molecule has 0 saturated heterocycles. The predicted octanol–water partition coefficient (Wildman–Crippen LogP) is -0.675. The molecule has 0 spiro atoms. The maximum atomic E-state index is 9.16. The number of nitrogens with zero attached hydrogens (tertiary/aromatic N) is 2. The summed E-state index contributed by atoms with van der Waals surface area (Å²) in [7, 11) is 5.23. The molecule has 5 nitrogen and oxygen atoms in total. The van der Waals surface area contributed by atoms with Gasteiger partial charge in [-0.15, -0.1) is 0 Å². The molecule has 0 rings (SSSR count). The summed E-state index contributed by atoms with van der Waals surface area (Å²) >= 11 is 0. The van der Waals surface area contributed by atoms with Crippen molar-refractivity contribution < 1.29 is 48.2 Å². The Balaban J connectivity index is -0.00000480.